The summed E-state index contributed by atoms with van der Waals surface area (Å²) in [6, 6.07) is 15.5. The van der Waals surface area contributed by atoms with Gasteiger partial charge in [0.15, 0.2) is 4.60 Å². The fraction of sp³-hybridized carbons (Fsp3) is 0.125. The first-order chi connectivity index (χ1) is 10.7. The predicted molar refractivity (Wildman–Crippen MR) is 90.3 cm³/mol. The van der Waals surface area contributed by atoms with Crippen molar-refractivity contribution in [3.05, 3.63) is 63.7 Å². The summed E-state index contributed by atoms with van der Waals surface area (Å²) in [5, 5.41) is 9.05. The van der Waals surface area contributed by atoms with Gasteiger partial charge in [-0.3, -0.25) is 0 Å². The van der Waals surface area contributed by atoms with Gasteiger partial charge in [-0.05, 0) is 57.9 Å². The van der Waals surface area contributed by atoms with E-state index in [1.165, 1.54) is 0 Å². The van der Waals surface area contributed by atoms with Gasteiger partial charge in [-0.2, -0.15) is 0 Å². The van der Waals surface area contributed by atoms with E-state index in [1.54, 1.807) is 7.11 Å². The smallest absolute Gasteiger partial charge is 0.156 e. The van der Waals surface area contributed by atoms with Crippen LogP contribution in [0, 0.1) is 0 Å². The first-order valence-electron chi connectivity index (χ1n) is 6.65. The minimum atomic E-state index is 0.622. The number of benzene rings is 2. The molecule has 4 nitrogen and oxygen atoms in total. The Morgan fingerprint density at radius 2 is 1.77 bits per heavy atom. The molecule has 6 heteroatoms. The number of halogens is 2. The standard InChI is InChI=1S/C16H13BrClN3O/c1-22-14-8-4-12(5-9-14)15-16(17)19-20-21(15)10-11-2-6-13(18)7-3-11/h2-9H,10H2,1H3. The minimum absolute atomic E-state index is 0.622. The van der Waals surface area contributed by atoms with Crippen molar-refractivity contribution in [1.82, 2.24) is 15.0 Å². The van der Waals surface area contributed by atoms with Crippen molar-refractivity contribution < 1.29 is 4.74 Å². The lowest BCUT2D eigenvalue weighted by atomic mass is 10.1. The lowest BCUT2D eigenvalue weighted by Crippen LogP contribution is -2.04. The van der Waals surface area contributed by atoms with E-state index in [9.17, 15) is 0 Å². The Morgan fingerprint density at radius 3 is 2.41 bits per heavy atom. The molecule has 22 heavy (non-hydrogen) atoms. The van der Waals surface area contributed by atoms with Crippen LogP contribution in [0.1, 0.15) is 5.56 Å². The van der Waals surface area contributed by atoms with Crippen molar-refractivity contribution in [2.24, 2.45) is 0 Å². The molecule has 0 saturated heterocycles. The molecule has 0 unspecified atom stereocenters. The van der Waals surface area contributed by atoms with Crippen LogP contribution in [0.5, 0.6) is 5.75 Å². The van der Waals surface area contributed by atoms with Crippen LogP contribution in [0.4, 0.5) is 0 Å². The lowest BCUT2D eigenvalue weighted by molar-refractivity contribution is 0.415. The Bertz CT molecular complexity index is 769. The first kappa shape index (κ1) is 15.1. The molecule has 0 radical (unpaired) electrons. The van der Waals surface area contributed by atoms with Crippen molar-refractivity contribution in [2.75, 3.05) is 7.11 Å². The molecule has 0 atom stereocenters. The van der Waals surface area contributed by atoms with Crippen LogP contribution in [0.3, 0.4) is 0 Å². The van der Waals surface area contributed by atoms with Crippen molar-refractivity contribution in [2.45, 2.75) is 6.54 Å². The predicted octanol–water partition coefficient (Wildman–Crippen LogP) is 4.42. The van der Waals surface area contributed by atoms with Gasteiger partial charge in [-0.1, -0.05) is 28.9 Å². The van der Waals surface area contributed by atoms with Crippen LogP contribution in [0.15, 0.2) is 53.1 Å². The average molecular weight is 379 g/mol. The summed E-state index contributed by atoms with van der Waals surface area (Å²) in [6.45, 7) is 0.622. The van der Waals surface area contributed by atoms with Gasteiger partial charge in [-0.15, -0.1) is 5.10 Å². The first-order valence-corrected chi connectivity index (χ1v) is 7.82. The van der Waals surface area contributed by atoms with E-state index in [0.717, 1.165) is 27.6 Å². The fourth-order valence-corrected chi connectivity index (χ4v) is 2.81. The van der Waals surface area contributed by atoms with E-state index in [1.807, 2.05) is 53.2 Å². The summed E-state index contributed by atoms with van der Waals surface area (Å²) in [5.74, 6) is 0.816. The molecule has 1 heterocycles. The molecule has 3 rings (SSSR count). The maximum absolute atomic E-state index is 5.92. The number of nitrogens with zero attached hydrogens (tertiary/aromatic N) is 3. The summed E-state index contributed by atoms with van der Waals surface area (Å²) in [5.41, 5.74) is 3.06. The van der Waals surface area contributed by atoms with Crippen LogP contribution in [0.2, 0.25) is 5.02 Å². The van der Waals surface area contributed by atoms with Gasteiger partial charge >= 0.3 is 0 Å². The maximum Gasteiger partial charge on any atom is 0.156 e. The van der Waals surface area contributed by atoms with Crippen LogP contribution >= 0.6 is 27.5 Å². The molecule has 0 spiro atoms. The molecule has 0 aliphatic heterocycles. The highest BCUT2D eigenvalue weighted by Crippen LogP contribution is 2.28. The Morgan fingerprint density at radius 1 is 1.09 bits per heavy atom. The van der Waals surface area contributed by atoms with E-state index in [0.29, 0.717) is 11.1 Å². The fourth-order valence-electron chi connectivity index (χ4n) is 2.18. The van der Waals surface area contributed by atoms with Crippen molar-refractivity contribution in [3.63, 3.8) is 0 Å². The second kappa shape index (κ2) is 6.50. The van der Waals surface area contributed by atoms with Crippen LogP contribution in [-0.2, 0) is 6.54 Å². The average Bonchev–Trinajstić information content (AvgIpc) is 2.90. The molecule has 0 saturated carbocycles. The van der Waals surface area contributed by atoms with Gasteiger partial charge in [0, 0.05) is 10.6 Å². The third kappa shape index (κ3) is 3.15. The quantitative estimate of drug-likeness (QED) is 0.675. The molecule has 0 N–H and O–H groups in total. The highest BCUT2D eigenvalue weighted by Gasteiger charge is 2.13. The summed E-state index contributed by atoms with van der Waals surface area (Å²) >= 11 is 9.39. The number of hydrogen-bond donors (Lipinski definition) is 0. The lowest BCUT2D eigenvalue weighted by Gasteiger charge is -2.08. The van der Waals surface area contributed by atoms with Gasteiger partial charge in [0.25, 0.3) is 0 Å². The van der Waals surface area contributed by atoms with Gasteiger partial charge in [0.1, 0.15) is 11.4 Å². The van der Waals surface area contributed by atoms with Crippen molar-refractivity contribution >= 4 is 27.5 Å². The number of hydrogen-bond acceptors (Lipinski definition) is 3. The third-order valence-corrected chi connectivity index (χ3v) is 4.09. The van der Waals surface area contributed by atoms with E-state index < -0.39 is 0 Å². The minimum Gasteiger partial charge on any atom is -0.497 e. The third-order valence-electron chi connectivity index (χ3n) is 3.30. The van der Waals surface area contributed by atoms with E-state index in [-0.39, 0.29) is 0 Å². The molecule has 1 aromatic heterocycles. The second-order valence-electron chi connectivity index (χ2n) is 4.74. The molecule has 112 valence electrons. The van der Waals surface area contributed by atoms with Gasteiger partial charge in [0.05, 0.1) is 13.7 Å². The Balaban J connectivity index is 1.94. The Kier molecular flexibility index (Phi) is 4.45. The highest BCUT2D eigenvalue weighted by molar-refractivity contribution is 9.10. The molecule has 2 aromatic carbocycles. The zero-order valence-electron chi connectivity index (χ0n) is 11.8. The van der Waals surface area contributed by atoms with Gasteiger partial charge < -0.3 is 4.74 Å². The van der Waals surface area contributed by atoms with E-state index in [4.69, 9.17) is 16.3 Å². The molecule has 3 aromatic rings. The topological polar surface area (TPSA) is 39.9 Å². The molecule has 0 bridgehead atoms. The molecule has 0 amide bonds. The van der Waals surface area contributed by atoms with Crippen LogP contribution < -0.4 is 4.74 Å². The monoisotopic (exact) mass is 377 g/mol. The number of ether oxygens (including phenoxy) is 1. The van der Waals surface area contributed by atoms with Gasteiger partial charge in [-0.25, -0.2) is 4.68 Å². The molecular formula is C16H13BrClN3O. The zero-order chi connectivity index (χ0) is 15.5. The number of methoxy groups -OCH3 is 1. The zero-order valence-corrected chi connectivity index (χ0v) is 14.2. The summed E-state index contributed by atoms with van der Waals surface area (Å²) < 4.78 is 7.76. The molecule has 0 aliphatic carbocycles. The van der Waals surface area contributed by atoms with Gasteiger partial charge in [0.2, 0.25) is 0 Å². The largest absolute Gasteiger partial charge is 0.497 e. The summed E-state index contributed by atoms with van der Waals surface area (Å²) in [7, 11) is 1.65. The van der Waals surface area contributed by atoms with Crippen LogP contribution in [-0.4, -0.2) is 22.1 Å². The van der Waals surface area contributed by atoms with E-state index in [2.05, 4.69) is 26.2 Å². The Hall–Kier alpha value is -1.85. The number of aromatic nitrogens is 3. The summed E-state index contributed by atoms with van der Waals surface area (Å²) in [6.07, 6.45) is 0. The molecular weight excluding hydrogens is 366 g/mol. The molecule has 0 aliphatic rings. The normalized spacial score (nSPS) is 10.7. The Labute approximate surface area is 141 Å². The summed E-state index contributed by atoms with van der Waals surface area (Å²) in [4.78, 5) is 0. The van der Waals surface area contributed by atoms with Crippen molar-refractivity contribution in [3.8, 4) is 17.0 Å². The second-order valence-corrected chi connectivity index (χ2v) is 5.93. The van der Waals surface area contributed by atoms with Crippen molar-refractivity contribution in [1.29, 1.82) is 0 Å². The SMILES string of the molecule is COc1ccc(-c2c(Br)nnn2Cc2ccc(Cl)cc2)cc1. The highest BCUT2D eigenvalue weighted by atomic mass is 79.9. The maximum atomic E-state index is 5.92. The number of rotatable bonds is 4. The van der Waals surface area contributed by atoms with Crippen LogP contribution in [0.25, 0.3) is 11.3 Å². The molecule has 0 fully saturated rings. The van der Waals surface area contributed by atoms with E-state index >= 15 is 0 Å².